The zero-order valence-electron chi connectivity index (χ0n) is 18.5. The first-order valence-corrected chi connectivity index (χ1v) is 12.6. The van der Waals surface area contributed by atoms with Crippen LogP contribution in [0.2, 0.25) is 0 Å². The zero-order chi connectivity index (χ0) is 23.2. The van der Waals surface area contributed by atoms with Gasteiger partial charge in [-0.2, -0.15) is 0 Å². The molecular formula is C23H33BrN2O6. The summed E-state index contributed by atoms with van der Waals surface area (Å²) in [5, 5.41) is 20.0. The normalized spacial score (nSPS) is 37.4. The zero-order valence-corrected chi connectivity index (χ0v) is 20.1. The standard InChI is InChI=1S/C23H33BrN2O6/c1-3-10-25(14-8-6-5-7-9-14)21(29)19-23-11-15(24)18(32-23)16(22(30)31)17(23)20(28)26(19)13(4-2)12-27/h3,13-19,27H,1,4-12H2,2H3,(H,30,31)/t13-,15?,16+,17-,18+,19+,23-/m0/s1. The van der Waals surface area contributed by atoms with Gasteiger partial charge in [-0.3, -0.25) is 14.4 Å². The first-order valence-electron chi connectivity index (χ1n) is 11.7. The summed E-state index contributed by atoms with van der Waals surface area (Å²) in [5.41, 5.74) is -1.20. The van der Waals surface area contributed by atoms with E-state index in [2.05, 4.69) is 22.5 Å². The molecule has 0 radical (unpaired) electrons. The lowest BCUT2D eigenvalue weighted by atomic mass is 9.70. The molecule has 2 bridgehead atoms. The van der Waals surface area contributed by atoms with Gasteiger partial charge in [0, 0.05) is 17.4 Å². The average Bonchev–Trinajstić information content (AvgIpc) is 3.37. The largest absolute Gasteiger partial charge is 0.481 e. The van der Waals surface area contributed by atoms with Crippen LogP contribution in [0.25, 0.3) is 0 Å². The van der Waals surface area contributed by atoms with E-state index in [4.69, 9.17) is 4.74 Å². The van der Waals surface area contributed by atoms with E-state index in [9.17, 15) is 24.6 Å². The van der Waals surface area contributed by atoms with Crippen molar-refractivity contribution in [1.82, 2.24) is 9.80 Å². The summed E-state index contributed by atoms with van der Waals surface area (Å²) in [6.45, 7) is 5.76. The number of halogens is 1. The van der Waals surface area contributed by atoms with Crippen LogP contribution in [0, 0.1) is 11.8 Å². The Balaban J connectivity index is 1.79. The van der Waals surface area contributed by atoms with E-state index in [-0.39, 0.29) is 29.3 Å². The molecule has 9 heteroatoms. The van der Waals surface area contributed by atoms with Gasteiger partial charge in [-0.15, -0.1) is 6.58 Å². The lowest BCUT2D eigenvalue weighted by Gasteiger charge is -2.42. The van der Waals surface area contributed by atoms with Gasteiger partial charge in [-0.25, -0.2) is 0 Å². The molecule has 0 aromatic rings. The third-order valence-electron chi connectivity index (χ3n) is 7.95. The second-order valence-electron chi connectivity index (χ2n) is 9.56. The Labute approximate surface area is 197 Å². The summed E-state index contributed by atoms with van der Waals surface area (Å²) in [7, 11) is 0. The molecule has 4 fully saturated rings. The van der Waals surface area contributed by atoms with Crippen LogP contribution in [0.1, 0.15) is 51.9 Å². The molecule has 4 rings (SSSR count). The number of carbonyl (C=O) groups is 3. The van der Waals surface area contributed by atoms with Gasteiger partial charge < -0.3 is 24.7 Å². The van der Waals surface area contributed by atoms with Crippen molar-refractivity contribution in [2.75, 3.05) is 13.2 Å². The highest BCUT2D eigenvalue weighted by Gasteiger charge is 2.77. The number of aliphatic hydroxyl groups excluding tert-OH is 1. The van der Waals surface area contributed by atoms with Gasteiger partial charge >= 0.3 is 5.97 Å². The highest BCUT2D eigenvalue weighted by molar-refractivity contribution is 9.09. The number of hydrogen-bond donors (Lipinski definition) is 2. The van der Waals surface area contributed by atoms with Crippen molar-refractivity contribution in [3.8, 4) is 0 Å². The van der Waals surface area contributed by atoms with Crippen molar-refractivity contribution in [2.45, 2.75) is 86.5 Å². The van der Waals surface area contributed by atoms with Gasteiger partial charge in [-0.1, -0.05) is 48.2 Å². The Kier molecular flexibility index (Phi) is 6.71. The minimum absolute atomic E-state index is 0.0597. The number of carbonyl (C=O) groups excluding carboxylic acids is 2. The number of hydrogen-bond acceptors (Lipinski definition) is 5. The monoisotopic (exact) mass is 512 g/mol. The Morgan fingerprint density at radius 3 is 2.62 bits per heavy atom. The fourth-order valence-corrected chi connectivity index (χ4v) is 7.49. The number of aliphatic hydroxyl groups is 1. The molecule has 1 aliphatic carbocycles. The first-order chi connectivity index (χ1) is 15.3. The van der Waals surface area contributed by atoms with Crippen molar-refractivity contribution in [3.63, 3.8) is 0 Å². The Morgan fingerprint density at radius 2 is 2.06 bits per heavy atom. The van der Waals surface area contributed by atoms with Gasteiger partial charge in [0.25, 0.3) is 0 Å². The second kappa shape index (κ2) is 9.06. The van der Waals surface area contributed by atoms with Gasteiger partial charge in [-0.05, 0) is 25.7 Å². The van der Waals surface area contributed by atoms with Gasteiger partial charge in [0.2, 0.25) is 11.8 Å². The number of likely N-dealkylation sites (tertiary alicyclic amines) is 1. The summed E-state index contributed by atoms with van der Waals surface area (Å²) in [5.74, 6) is -3.63. The van der Waals surface area contributed by atoms with E-state index in [1.807, 2.05) is 11.8 Å². The van der Waals surface area contributed by atoms with E-state index < -0.39 is 41.6 Å². The molecule has 8 nitrogen and oxygen atoms in total. The Bertz CT molecular complexity index is 782. The molecule has 1 unspecified atom stereocenters. The van der Waals surface area contributed by atoms with Crippen molar-refractivity contribution >= 4 is 33.7 Å². The Morgan fingerprint density at radius 1 is 1.38 bits per heavy atom. The molecule has 3 saturated heterocycles. The fourth-order valence-electron chi connectivity index (χ4n) is 6.54. The molecule has 2 amide bonds. The van der Waals surface area contributed by atoms with Crippen molar-refractivity contribution in [1.29, 1.82) is 0 Å². The van der Waals surface area contributed by atoms with E-state index in [1.165, 1.54) is 4.90 Å². The maximum Gasteiger partial charge on any atom is 0.310 e. The number of carboxylic acids is 1. The maximum atomic E-state index is 14.2. The van der Waals surface area contributed by atoms with Crippen LogP contribution in [0.5, 0.6) is 0 Å². The molecule has 3 aliphatic heterocycles. The summed E-state index contributed by atoms with van der Waals surface area (Å²) in [4.78, 5) is 43.1. The maximum absolute atomic E-state index is 14.2. The summed E-state index contributed by atoms with van der Waals surface area (Å²) in [6, 6.07) is -1.46. The minimum Gasteiger partial charge on any atom is -0.481 e. The van der Waals surface area contributed by atoms with Crippen LogP contribution in [0.4, 0.5) is 0 Å². The number of nitrogens with zero attached hydrogens (tertiary/aromatic N) is 2. The number of alkyl halides is 1. The van der Waals surface area contributed by atoms with Crippen molar-refractivity contribution in [3.05, 3.63) is 12.7 Å². The third-order valence-corrected chi connectivity index (χ3v) is 8.79. The van der Waals surface area contributed by atoms with Crippen LogP contribution in [-0.4, -0.2) is 85.6 Å². The Hall–Kier alpha value is -1.45. The highest BCUT2D eigenvalue weighted by Crippen LogP contribution is 2.60. The van der Waals surface area contributed by atoms with E-state index >= 15 is 0 Å². The molecule has 7 atom stereocenters. The van der Waals surface area contributed by atoms with Crippen LogP contribution in [0.15, 0.2) is 12.7 Å². The van der Waals surface area contributed by atoms with Gasteiger partial charge in [0.15, 0.2) is 0 Å². The molecule has 4 aliphatic rings. The molecular weight excluding hydrogens is 480 g/mol. The van der Waals surface area contributed by atoms with Gasteiger partial charge in [0.05, 0.1) is 30.6 Å². The number of rotatable bonds is 8. The topological polar surface area (TPSA) is 107 Å². The average molecular weight is 513 g/mol. The van der Waals surface area contributed by atoms with Crippen LogP contribution < -0.4 is 0 Å². The minimum atomic E-state index is -1.20. The van der Waals surface area contributed by atoms with Crippen molar-refractivity contribution < 1.29 is 29.3 Å². The molecule has 3 heterocycles. The number of amides is 2. The van der Waals surface area contributed by atoms with Crippen LogP contribution >= 0.6 is 15.9 Å². The molecule has 1 spiro atoms. The highest BCUT2D eigenvalue weighted by atomic mass is 79.9. The lowest BCUT2D eigenvalue weighted by Crippen LogP contribution is -2.60. The quantitative estimate of drug-likeness (QED) is 0.380. The van der Waals surface area contributed by atoms with Crippen molar-refractivity contribution in [2.24, 2.45) is 11.8 Å². The second-order valence-corrected chi connectivity index (χ2v) is 10.7. The SMILES string of the molecule is C=CCN(C(=O)[C@H]1N([C@@H](CC)CO)C(=O)[C@@H]2[C@@H](C(=O)O)[C@@H]3O[C@@]21CC3Br)C1CCCCC1. The molecule has 32 heavy (non-hydrogen) atoms. The van der Waals surface area contributed by atoms with E-state index in [0.717, 1.165) is 32.1 Å². The summed E-state index contributed by atoms with van der Waals surface area (Å²) < 4.78 is 6.31. The number of fused-ring (bicyclic) bond motifs is 1. The lowest BCUT2D eigenvalue weighted by molar-refractivity contribution is -0.154. The van der Waals surface area contributed by atoms with Crippen LogP contribution in [-0.2, 0) is 19.1 Å². The molecule has 1 saturated carbocycles. The molecule has 0 aromatic heterocycles. The van der Waals surface area contributed by atoms with E-state index in [1.54, 1.807) is 6.08 Å². The molecule has 0 aromatic carbocycles. The summed E-state index contributed by atoms with van der Waals surface area (Å²) in [6.07, 6.45) is 6.92. The van der Waals surface area contributed by atoms with Crippen LogP contribution in [0.3, 0.4) is 0 Å². The third kappa shape index (κ3) is 3.42. The fraction of sp³-hybridized carbons (Fsp3) is 0.783. The number of ether oxygens (including phenoxy) is 1. The predicted octanol–water partition coefficient (Wildman–Crippen LogP) is 1.94. The smallest absolute Gasteiger partial charge is 0.310 e. The van der Waals surface area contributed by atoms with Gasteiger partial charge in [0.1, 0.15) is 11.6 Å². The first kappa shape index (κ1) is 23.7. The molecule has 178 valence electrons. The molecule has 2 N–H and O–H groups in total. The predicted molar refractivity (Wildman–Crippen MR) is 120 cm³/mol. The van der Waals surface area contributed by atoms with E-state index in [0.29, 0.717) is 19.4 Å². The number of aliphatic carboxylic acids is 1. The summed E-state index contributed by atoms with van der Waals surface area (Å²) >= 11 is 3.56. The number of carboxylic acid groups (broad SMARTS) is 1.